The average molecular weight is 150 g/mol. The number of halogens is 1. The lowest BCUT2D eigenvalue weighted by Crippen LogP contribution is -2.32. The molecule has 0 bridgehead atoms. The maximum absolute atomic E-state index is 5.21. The van der Waals surface area contributed by atoms with Gasteiger partial charge in [-0.15, -0.1) is 0 Å². The molecule has 1 fully saturated rings. The highest BCUT2D eigenvalue weighted by Gasteiger charge is 2.15. The van der Waals surface area contributed by atoms with E-state index in [0.29, 0.717) is 6.10 Å². The molecule has 3 heteroatoms. The summed E-state index contributed by atoms with van der Waals surface area (Å²) in [6.07, 6.45) is 2.43. The fourth-order valence-electron chi connectivity index (χ4n) is 1.07. The van der Waals surface area contributed by atoms with Crippen molar-refractivity contribution in [3.63, 3.8) is 0 Å². The van der Waals surface area contributed by atoms with E-state index in [1.165, 1.54) is 0 Å². The van der Waals surface area contributed by atoms with Gasteiger partial charge in [0.2, 0.25) is 0 Å². The van der Waals surface area contributed by atoms with Crippen LogP contribution in [0.4, 0.5) is 0 Å². The molecule has 0 radical (unpaired) electrons. The van der Waals surface area contributed by atoms with Gasteiger partial charge in [-0.1, -0.05) is 0 Å². The van der Waals surface area contributed by atoms with Gasteiger partial charge in [-0.2, -0.15) is 0 Å². The minimum atomic E-state index is 0.294. The van der Waals surface area contributed by atoms with E-state index in [2.05, 4.69) is 16.2 Å². The first kappa shape index (κ1) is 7.32. The zero-order valence-corrected chi connectivity index (χ0v) is 6.40. The predicted octanol–water partition coefficient (Wildman–Crippen LogP) is 1.25. The molecule has 0 unspecified atom stereocenters. The van der Waals surface area contributed by atoms with Crippen molar-refractivity contribution in [3.05, 3.63) is 0 Å². The summed E-state index contributed by atoms with van der Waals surface area (Å²) in [5.41, 5.74) is 0. The van der Waals surface area contributed by atoms with Gasteiger partial charge in [-0.3, -0.25) is 4.29 Å². The Kier molecular flexibility index (Phi) is 2.76. The lowest BCUT2D eigenvalue weighted by molar-refractivity contribution is 0.125. The second-order valence-corrected chi connectivity index (χ2v) is 2.77. The molecule has 0 amide bonds. The molecule has 1 rings (SSSR count). The van der Waals surface area contributed by atoms with Crippen molar-refractivity contribution < 1.29 is 4.29 Å². The summed E-state index contributed by atoms with van der Waals surface area (Å²) in [4.78, 5) is 2.28. The molecule has 2 nitrogen and oxygen atoms in total. The molecule has 0 aliphatic carbocycles. The van der Waals surface area contributed by atoms with E-state index in [0.717, 1.165) is 25.9 Å². The highest BCUT2D eigenvalue weighted by molar-refractivity contribution is 6.07. The Labute approximate surface area is 60.9 Å². The van der Waals surface area contributed by atoms with Crippen molar-refractivity contribution in [3.8, 4) is 0 Å². The van der Waals surface area contributed by atoms with E-state index in [9.17, 15) is 0 Å². The number of nitrogens with zero attached hydrogens (tertiary/aromatic N) is 1. The summed E-state index contributed by atoms with van der Waals surface area (Å²) in [5, 5.41) is 0. The standard InChI is InChI=1S/C6H12ClNO/c1-8-4-2-6(9-7)3-5-8/h6H,2-5H2,1H3. The van der Waals surface area contributed by atoms with E-state index in [4.69, 9.17) is 11.9 Å². The molecule has 1 heterocycles. The minimum absolute atomic E-state index is 0.294. The largest absolute Gasteiger partial charge is 0.306 e. The smallest absolute Gasteiger partial charge is 0.0815 e. The quantitative estimate of drug-likeness (QED) is 0.557. The van der Waals surface area contributed by atoms with Crippen molar-refractivity contribution >= 4 is 11.9 Å². The molecular formula is C6H12ClNO. The summed E-state index contributed by atoms with van der Waals surface area (Å²) in [6, 6.07) is 0. The van der Waals surface area contributed by atoms with Crippen LogP contribution in [0.2, 0.25) is 0 Å². The summed E-state index contributed by atoms with van der Waals surface area (Å²) >= 11 is 5.21. The van der Waals surface area contributed by atoms with E-state index in [1.807, 2.05) is 0 Å². The van der Waals surface area contributed by atoms with Crippen molar-refractivity contribution in [2.24, 2.45) is 0 Å². The van der Waals surface area contributed by atoms with Gasteiger partial charge in [-0.05, 0) is 19.9 Å². The third-order valence-corrected chi connectivity index (χ3v) is 2.04. The van der Waals surface area contributed by atoms with Gasteiger partial charge >= 0.3 is 0 Å². The normalized spacial score (nSPS) is 24.7. The van der Waals surface area contributed by atoms with Gasteiger partial charge in [0.05, 0.1) is 18.0 Å². The lowest BCUT2D eigenvalue weighted by Gasteiger charge is -2.26. The first-order chi connectivity index (χ1) is 4.33. The molecule has 0 N–H and O–H groups in total. The van der Waals surface area contributed by atoms with Gasteiger partial charge in [0.25, 0.3) is 0 Å². The molecule has 0 aromatic heterocycles. The van der Waals surface area contributed by atoms with Crippen molar-refractivity contribution in [2.45, 2.75) is 18.9 Å². The molecule has 1 aliphatic rings. The van der Waals surface area contributed by atoms with E-state index < -0.39 is 0 Å². The van der Waals surface area contributed by atoms with Gasteiger partial charge < -0.3 is 4.90 Å². The summed E-state index contributed by atoms with van der Waals surface area (Å²) in [5.74, 6) is 0. The monoisotopic (exact) mass is 149 g/mol. The average Bonchev–Trinajstić information content (AvgIpc) is 1.90. The first-order valence-corrected chi connectivity index (χ1v) is 3.59. The van der Waals surface area contributed by atoms with Gasteiger partial charge in [0.15, 0.2) is 0 Å². The molecule has 0 saturated carbocycles. The number of hydrogen-bond acceptors (Lipinski definition) is 2. The zero-order valence-electron chi connectivity index (χ0n) is 5.64. The Morgan fingerprint density at radius 2 is 2.00 bits per heavy atom. The van der Waals surface area contributed by atoms with Gasteiger partial charge in [0, 0.05) is 13.1 Å². The molecule has 54 valence electrons. The first-order valence-electron chi connectivity index (χ1n) is 3.29. The van der Waals surface area contributed by atoms with Crippen molar-refractivity contribution in [1.29, 1.82) is 0 Å². The van der Waals surface area contributed by atoms with Crippen LogP contribution in [0.15, 0.2) is 0 Å². The Bertz CT molecular complexity index is 81.1. The molecule has 0 atom stereocenters. The van der Waals surface area contributed by atoms with Crippen LogP contribution in [-0.2, 0) is 4.29 Å². The SMILES string of the molecule is CN1CCC(OCl)CC1. The Morgan fingerprint density at radius 1 is 1.44 bits per heavy atom. The second kappa shape index (κ2) is 3.40. The van der Waals surface area contributed by atoms with Crippen molar-refractivity contribution in [1.82, 2.24) is 4.90 Å². The molecule has 9 heavy (non-hydrogen) atoms. The Hall–Kier alpha value is 0.210. The molecule has 0 aromatic rings. The third-order valence-electron chi connectivity index (χ3n) is 1.79. The minimum Gasteiger partial charge on any atom is -0.306 e. The summed E-state index contributed by atoms with van der Waals surface area (Å²) < 4.78 is 4.69. The van der Waals surface area contributed by atoms with Crippen LogP contribution in [0.25, 0.3) is 0 Å². The Morgan fingerprint density at radius 3 is 2.44 bits per heavy atom. The lowest BCUT2D eigenvalue weighted by atomic mass is 10.1. The summed E-state index contributed by atoms with van der Waals surface area (Å²) in [6.45, 7) is 2.22. The number of likely N-dealkylation sites (tertiary alicyclic amines) is 1. The van der Waals surface area contributed by atoms with Crippen LogP contribution in [0.1, 0.15) is 12.8 Å². The number of hydrogen-bond donors (Lipinski definition) is 0. The van der Waals surface area contributed by atoms with Crippen LogP contribution in [-0.4, -0.2) is 31.1 Å². The van der Waals surface area contributed by atoms with Crippen LogP contribution < -0.4 is 0 Å². The second-order valence-electron chi connectivity index (χ2n) is 2.59. The van der Waals surface area contributed by atoms with E-state index in [-0.39, 0.29) is 0 Å². The molecule has 0 aromatic carbocycles. The van der Waals surface area contributed by atoms with Crippen LogP contribution >= 0.6 is 11.9 Å². The Balaban J connectivity index is 2.18. The van der Waals surface area contributed by atoms with Gasteiger partial charge in [0.1, 0.15) is 0 Å². The summed E-state index contributed by atoms with van der Waals surface area (Å²) in [7, 11) is 2.12. The highest BCUT2D eigenvalue weighted by atomic mass is 35.5. The maximum Gasteiger partial charge on any atom is 0.0815 e. The van der Waals surface area contributed by atoms with Crippen LogP contribution in [0.5, 0.6) is 0 Å². The predicted molar refractivity (Wildman–Crippen MR) is 37.5 cm³/mol. The number of piperidine rings is 1. The fraction of sp³-hybridized carbons (Fsp3) is 1.00. The molecule has 0 spiro atoms. The highest BCUT2D eigenvalue weighted by Crippen LogP contribution is 2.12. The van der Waals surface area contributed by atoms with Gasteiger partial charge in [-0.25, -0.2) is 0 Å². The molecular weight excluding hydrogens is 138 g/mol. The van der Waals surface area contributed by atoms with Crippen LogP contribution in [0.3, 0.4) is 0 Å². The molecule has 1 saturated heterocycles. The maximum atomic E-state index is 5.21. The van der Waals surface area contributed by atoms with Crippen LogP contribution in [0, 0.1) is 0 Å². The molecule has 1 aliphatic heterocycles. The fourth-order valence-corrected chi connectivity index (χ4v) is 1.25. The topological polar surface area (TPSA) is 12.5 Å². The van der Waals surface area contributed by atoms with E-state index in [1.54, 1.807) is 0 Å². The number of rotatable bonds is 1. The third kappa shape index (κ3) is 2.12. The van der Waals surface area contributed by atoms with Crippen molar-refractivity contribution in [2.75, 3.05) is 20.1 Å². The van der Waals surface area contributed by atoms with E-state index >= 15 is 0 Å². The zero-order chi connectivity index (χ0) is 6.69.